The van der Waals surface area contributed by atoms with Crippen molar-refractivity contribution in [2.75, 3.05) is 30.1 Å². The Labute approximate surface area is 165 Å². The molecule has 0 aliphatic carbocycles. The number of carbonyl (C=O) groups is 2. The van der Waals surface area contributed by atoms with E-state index >= 15 is 0 Å². The lowest BCUT2D eigenvalue weighted by Gasteiger charge is -2.26. The van der Waals surface area contributed by atoms with Gasteiger partial charge in [0, 0.05) is 31.4 Å². The fraction of sp³-hybridized carbons (Fsp3) is 0.300. The lowest BCUT2D eigenvalue weighted by atomic mass is 10.1. The maximum absolute atomic E-state index is 13.0. The summed E-state index contributed by atoms with van der Waals surface area (Å²) in [4.78, 5) is 26.7. The molecule has 2 aromatic rings. The summed E-state index contributed by atoms with van der Waals surface area (Å²) >= 11 is 0. The van der Waals surface area contributed by atoms with Gasteiger partial charge in [-0.05, 0) is 30.2 Å². The van der Waals surface area contributed by atoms with Crippen LogP contribution in [0.15, 0.2) is 54.6 Å². The van der Waals surface area contributed by atoms with E-state index in [1.54, 1.807) is 53.4 Å². The van der Waals surface area contributed by atoms with Gasteiger partial charge in [-0.25, -0.2) is 8.42 Å². The van der Waals surface area contributed by atoms with Gasteiger partial charge >= 0.3 is 0 Å². The van der Waals surface area contributed by atoms with E-state index in [0.29, 0.717) is 29.9 Å². The average Bonchev–Trinajstić information content (AvgIpc) is 3.08. The van der Waals surface area contributed by atoms with Crippen molar-refractivity contribution in [2.45, 2.75) is 18.9 Å². The van der Waals surface area contributed by atoms with Crippen LogP contribution in [0.2, 0.25) is 0 Å². The minimum Gasteiger partial charge on any atom is -0.324 e. The molecule has 7 nitrogen and oxygen atoms in total. The van der Waals surface area contributed by atoms with Crippen LogP contribution in [0.3, 0.4) is 0 Å². The SMILES string of the molecule is CN(C(C(=O)Nc1cccc(N2CCCC2=O)c1)c1ccccc1)S(C)(=O)=O. The molecule has 28 heavy (non-hydrogen) atoms. The second-order valence-corrected chi connectivity index (χ2v) is 8.82. The highest BCUT2D eigenvalue weighted by Gasteiger charge is 2.31. The Morgan fingerprint density at radius 3 is 2.46 bits per heavy atom. The van der Waals surface area contributed by atoms with E-state index in [9.17, 15) is 18.0 Å². The van der Waals surface area contributed by atoms with E-state index in [1.807, 2.05) is 6.07 Å². The van der Waals surface area contributed by atoms with Crippen molar-refractivity contribution in [2.24, 2.45) is 0 Å². The van der Waals surface area contributed by atoms with Crippen molar-refractivity contribution in [1.29, 1.82) is 0 Å². The van der Waals surface area contributed by atoms with Crippen LogP contribution in [-0.4, -0.2) is 44.4 Å². The zero-order valence-corrected chi connectivity index (χ0v) is 16.6. The molecule has 1 N–H and O–H groups in total. The molecular weight excluding hydrogens is 378 g/mol. The van der Waals surface area contributed by atoms with Crippen molar-refractivity contribution < 1.29 is 18.0 Å². The van der Waals surface area contributed by atoms with Crippen LogP contribution >= 0.6 is 0 Å². The van der Waals surface area contributed by atoms with E-state index in [0.717, 1.165) is 17.0 Å². The van der Waals surface area contributed by atoms with Crippen LogP contribution in [0.5, 0.6) is 0 Å². The summed E-state index contributed by atoms with van der Waals surface area (Å²) in [5, 5.41) is 2.79. The highest BCUT2D eigenvalue weighted by Crippen LogP contribution is 2.27. The minimum absolute atomic E-state index is 0.0578. The maximum atomic E-state index is 13.0. The van der Waals surface area contributed by atoms with Gasteiger partial charge < -0.3 is 10.2 Å². The summed E-state index contributed by atoms with van der Waals surface area (Å²) in [6.07, 6.45) is 2.40. The molecule has 2 amide bonds. The number of anilines is 2. The summed E-state index contributed by atoms with van der Waals surface area (Å²) < 4.78 is 25.2. The number of hydrogen-bond donors (Lipinski definition) is 1. The third-order valence-electron chi connectivity index (χ3n) is 4.75. The van der Waals surface area contributed by atoms with Crippen LogP contribution in [0.1, 0.15) is 24.4 Å². The van der Waals surface area contributed by atoms with Crippen molar-refractivity contribution in [3.8, 4) is 0 Å². The first kappa shape index (κ1) is 20.0. The van der Waals surface area contributed by atoms with Gasteiger partial charge in [0.25, 0.3) is 0 Å². The molecule has 0 aromatic heterocycles. The topological polar surface area (TPSA) is 86.8 Å². The molecule has 1 fully saturated rings. The monoisotopic (exact) mass is 401 g/mol. The largest absolute Gasteiger partial charge is 0.324 e. The van der Waals surface area contributed by atoms with Crippen molar-refractivity contribution in [3.63, 3.8) is 0 Å². The molecule has 1 atom stereocenters. The number of sulfonamides is 1. The molecule has 1 aliphatic heterocycles. The van der Waals surface area contributed by atoms with E-state index < -0.39 is 22.0 Å². The smallest absolute Gasteiger partial charge is 0.247 e. The van der Waals surface area contributed by atoms with Gasteiger partial charge in [0.05, 0.1) is 6.26 Å². The van der Waals surface area contributed by atoms with E-state index in [1.165, 1.54) is 7.05 Å². The maximum Gasteiger partial charge on any atom is 0.247 e. The lowest BCUT2D eigenvalue weighted by molar-refractivity contribution is -0.119. The number of amides is 2. The molecule has 0 saturated carbocycles. The second-order valence-electron chi connectivity index (χ2n) is 6.78. The molecular formula is C20H23N3O4S. The first-order valence-electron chi connectivity index (χ1n) is 8.96. The van der Waals surface area contributed by atoms with Gasteiger partial charge in [0.1, 0.15) is 6.04 Å². The molecule has 0 bridgehead atoms. The average molecular weight is 401 g/mol. The van der Waals surface area contributed by atoms with Crippen LogP contribution in [0, 0.1) is 0 Å². The molecule has 148 valence electrons. The zero-order chi connectivity index (χ0) is 20.3. The van der Waals surface area contributed by atoms with Gasteiger partial charge in [-0.3, -0.25) is 9.59 Å². The number of rotatable bonds is 6. The predicted octanol–water partition coefficient (Wildman–Crippen LogP) is 2.38. The summed E-state index contributed by atoms with van der Waals surface area (Å²) in [5.41, 5.74) is 1.79. The first-order valence-corrected chi connectivity index (χ1v) is 10.8. The molecule has 2 aromatic carbocycles. The Kier molecular flexibility index (Phi) is 5.81. The normalized spacial score (nSPS) is 15.7. The Bertz CT molecular complexity index is 976. The fourth-order valence-electron chi connectivity index (χ4n) is 3.24. The fourth-order valence-corrected chi connectivity index (χ4v) is 3.84. The number of nitrogens with one attached hydrogen (secondary N) is 1. The van der Waals surface area contributed by atoms with E-state index in [-0.39, 0.29) is 5.91 Å². The zero-order valence-electron chi connectivity index (χ0n) is 15.8. The highest BCUT2D eigenvalue weighted by molar-refractivity contribution is 7.88. The summed E-state index contributed by atoms with van der Waals surface area (Å²) in [6.45, 7) is 0.652. The van der Waals surface area contributed by atoms with Gasteiger partial charge in [0.15, 0.2) is 0 Å². The molecule has 1 unspecified atom stereocenters. The summed E-state index contributed by atoms with van der Waals surface area (Å²) in [7, 11) is -2.22. The van der Waals surface area contributed by atoms with Crippen LogP contribution in [-0.2, 0) is 19.6 Å². The first-order chi connectivity index (χ1) is 13.3. The molecule has 0 spiro atoms. The van der Waals surface area contributed by atoms with Crippen molar-refractivity contribution in [1.82, 2.24) is 4.31 Å². The lowest BCUT2D eigenvalue weighted by Crippen LogP contribution is -2.38. The van der Waals surface area contributed by atoms with Crippen molar-refractivity contribution >= 4 is 33.2 Å². The predicted molar refractivity (Wildman–Crippen MR) is 108 cm³/mol. The van der Waals surface area contributed by atoms with Crippen LogP contribution < -0.4 is 10.2 Å². The number of nitrogens with zero attached hydrogens (tertiary/aromatic N) is 2. The standard InChI is InChI=1S/C20H23N3O4S/c1-22(28(2,26)27)19(15-8-4-3-5-9-15)20(25)21-16-10-6-11-17(14-16)23-13-7-12-18(23)24/h3-6,8-11,14,19H,7,12-13H2,1-2H3,(H,21,25). The van der Waals surface area contributed by atoms with Gasteiger partial charge in [-0.1, -0.05) is 36.4 Å². The Morgan fingerprint density at radius 1 is 1.14 bits per heavy atom. The van der Waals surface area contributed by atoms with Gasteiger partial charge in [-0.2, -0.15) is 4.31 Å². The molecule has 1 aliphatic rings. The third-order valence-corrected chi connectivity index (χ3v) is 6.01. The second kappa shape index (κ2) is 8.12. The van der Waals surface area contributed by atoms with Gasteiger partial charge in [0.2, 0.25) is 21.8 Å². The molecule has 1 heterocycles. The van der Waals surface area contributed by atoms with E-state index in [2.05, 4.69) is 5.32 Å². The number of hydrogen-bond acceptors (Lipinski definition) is 4. The summed E-state index contributed by atoms with van der Waals surface area (Å²) in [6, 6.07) is 14.7. The van der Waals surface area contributed by atoms with E-state index in [4.69, 9.17) is 0 Å². The Hall–Kier alpha value is -2.71. The molecule has 0 radical (unpaired) electrons. The molecule has 1 saturated heterocycles. The minimum atomic E-state index is -3.60. The molecule has 8 heteroatoms. The summed E-state index contributed by atoms with van der Waals surface area (Å²) in [5.74, 6) is -0.411. The van der Waals surface area contributed by atoms with Crippen LogP contribution in [0.4, 0.5) is 11.4 Å². The molecule has 3 rings (SSSR count). The highest BCUT2D eigenvalue weighted by atomic mass is 32.2. The number of carbonyl (C=O) groups excluding carboxylic acids is 2. The number of benzene rings is 2. The quantitative estimate of drug-likeness (QED) is 0.805. The van der Waals surface area contributed by atoms with Crippen molar-refractivity contribution in [3.05, 3.63) is 60.2 Å². The Balaban J connectivity index is 1.87. The van der Waals surface area contributed by atoms with Gasteiger partial charge in [-0.15, -0.1) is 0 Å². The Morgan fingerprint density at radius 2 is 1.86 bits per heavy atom. The number of likely N-dealkylation sites (N-methyl/N-ethyl adjacent to an activating group) is 1. The van der Waals surface area contributed by atoms with Crippen LogP contribution in [0.25, 0.3) is 0 Å². The third kappa shape index (κ3) is 4.40.